The van der Waals surface area contributed by atoms with E-state index in [0.717, 1.165) is 16.9 Å². The Morgan fingerprint density at radius 3 is 2.62 bits per heavy atom. The van der Waals surface area contributed by atoms with Gasteiger partial charge in [-0.1, -0.05) is 12.1 Å². The minimum Gasteiger partial charge on any atom is -0.381 e. The Morgan fingerprint density at radius 2 is 1.95 bits per heavy atom. The van der Waals surface area contributed by atoms with E-state index in [4.69, 9.17) is 0 Å². The molecular weight excluding hydrogens is 265 g/mol. The second-order valence-corrected chi connectivity index (χ2v) is 4.93. The summed E-state index contributed by atoms with van der Waals surface area (Å²) in [5.74, 6) is -0.164. The van der Waals surface area contributed by atoms with Crippen molar-refractivity contribution in [3.63, 3.8) is 0 Å². The van der Waals surface area contributed by atoms with Crippen LogP contribution >= 0.6 is 0 Å². The fraction of sp³-hybridized carbons (Fsp3) is 0.118. The van der Waals surface area contributed by atoms with Gasteiger partial charge in [-0.3, -0.25) is 0 Å². The van der Waals surface area contributed by atoms with E-state index in [1.165, 1.54) is 0 Å². The third-order valence-electron chi connectivity index (χ3n) is 3.37. The van der Waals surface area contributed by atoms with Gasteiger partial charge in [0.2, 0.25) is 0 Å². The van der Waals surface area contributed by atoms with Crippen LogP contribution in [0.2, 0.25) is 0 Å². The van der Waals surface area contributed by atoms with Gasteiger partial charge in [-0.25, -0.2) is 9.07 Å². The van der Waals surface area contributed by atoms with Gasteiger partial charge < -0.3 is 5.32 Å². The Bertz CT molecular complexity index is 718. The second-order valence-electron chi connectivity index (χ2n) is 4.93. The van der Waals surface area contributed by atoms with Crippen LogP contribution in [-0.4, -0.2) is 9.78 Å². The monoisotopic (exact) mass is 281 g/mol. The summed E-state index contributed by atoms with van der Waals surface area (Å²) in [5, 5.41) is 7.47. The molecular formula is C17H16FN3. The highest BCUT2D eigenvalue weighted by Gasteiger charge is 2.00. The van der Waals surface area contributed by atoms with Crippen molar-refractivity contribution < 1.29 is 4.39 Å². The minimum atomic E-state index is -0.164. The summed E-state index contributed by atoms with van der Waals surface area (Å²) in [6.07, 6.45) is 3.65. The van der Waals surface area contributed by atoms with Gasteiger partial charge in [0.25, 0.3) is 0 Å². The zero-order valence-electron chi connectivity index (χ0n) is 11.8. The van der Waals surface area contributed by atoms with Gasteiger partial charge in [0, 0.05) is 24.6 Å². The molecule has 0 amide bonds. The van der Waals surface area contributed by atoms with Crippen molar-refractivity contribution >= 4 is 5.69 Å². The summed E-state index contributed by atoms with van der Waals surface area (Å²) < 4.78 is 15.3. The molecule has 1 aromatic heterocycles. The first-order valence-electron chi connectivity index (χ1n) is 6.81. The average molecular weight is 281 g/mol. The number of nitrogens with one attached hydrogen (secondary N) is 1. The molecule has 0 spiro atoms. The van der Waals surface area contributed by atoms with Crippen molar-refractivity contribution in [3.05, 3.63) is 77.9 Å². The van der Waals surface area contributed by atoms with Crippen LogP contribution in [0.5, 0.6) is 0 Å². The highest BCUT2D eigenvalue weighted by molar-refractivity contribution is 5.48. The summed E-state index contributed by atoms with van der Waals surface area (Å²) in [6.45, 7) is 2.36. The molecule has 0 radical (unpaired) electrons. The van der Waals surface area contributed by atoms with E-state index < -0.39 is 0 Å². The molecule has 0 fully saturated rings. The summed E-state index contributed by atoms with van der Waals surface area (Å²) in [4.78, 5) is 0. The molecule has 0 bridgehead atoms. The van der Waals surface area contributed by atoms with Crippen LogP contribution in [0.3, 0.4) is 0 Å². The number of rotatable bonds is 4. The normalized spacial score (nSPS) is 10.6. The summed E-state index contributed by atoms with van der Waals surface area (Å²) in [5.41, 5.74) is 3.59. The predicted molar refractivity (Wildman–Crippen MR) is 82.0 cm³/mol. The van der Waals surface area contributed by atoms with E-state index in [2.05, 4.69) is 10.4 Å². The van der Waals surface area contributed by atoms with Gasteiger partial charge >= 0.3 is 0 Å². The lowest BCUT2D eigenvalue weighted by Crippen LogP contribution is -2.01. The number of hydrogen-bond donors (Lipinski definition) is 1. The number of anilines is 1. The van der Waals surface area contributed by atoms with Crippen LogP contribution in [0.25, 0.3) is 5.69 Å². The van der Waals surface area contributed by atoms with Crippen LogP contribution in [0.4, 0.5) is 10.1 Å². The predicted octanol–water partition coefficient (Wildman–Crippen LogP) is 3.93. The zero-order chi connectivity index (χ0) is 14.7. The summed E-state index contributed by atoms with van der Waals surface area (Å²) in [6, 6.07) is 15.1. The molecule has 0 aliphatic rings. The van der Waals surface area contributed by atoms with E-state index in [-0.39, 0.29) is 5.82 Å². The molecule has 4 heteroatoms. The molecule has 0 aliphatic heterocycles. The Labute approximate surface area is 123 Å². The van der Waals surface area contributed by atoms with Crippen molar-refractivity contribution in [1.29, 1.82) is 0 Å². The fourth-order valence-electron chi connectivity index (χ4n) is 2.10. The van der Waals surface area contributed by atoms with Gasteiger partial charge in [-0.2, -0.15) is 5.10 Å². The molecule has 0 aliphatic carbocycles. The van der Waals surface area contributed by atoms with E-state index in [0.29, 0.717) is 12.1 Å². The Kier molecular flexibility index (Phi) is 3.69. The molecule has 3 aromatic rings. The van der Waals surface area contributed by atoms with Crippen LogP contribution in [0, 0.1) is 12.7 Å². The van der Waals surface area contributed by atoms with E-state index in [1.807, 2.05) is 42.6 Å². The maximum Gasteiger partial charge on any atom is 0.126 e. The molecule has 0 saturated heterocycles. The average Bonchev–Trinajstić information content (AvgIpc) is 3.03. The molecule has 0 unspecified atom stereocenters. The molecule has 3 rings (SSSR count). The molecule has 2 aromatic carbocycles. The highest BCUT2D eigenvalue weighted by Crippen LogP contribution is 2.15. The molecule has 21 heavy (non-hydrogen) atoms. The topological polar surface area (TPSA) is 29.9 Å². The standard InChI is InChI=1S/C17H16FN3/c1-13-3-4-14(11-17(13)18)12-19-15-5-7-16(8-6-15)21-10-2-9-20-21/h2-11,19H,12H2,1H3. The molecule has 3 nitrogen and oxygen atoms in total. The third kappa shape index (κ3) is 3.11. The minimum absolute atomic E-state index is 0.164. The number of halogens is 1. The van der Waals surface area contributed by atoms with Crippen molar-refractivity contribution in [2.75, 3.05) is 5.32 Å². The van der Waals surface area contributed by atoms with Gasteiger partial charge in [-0.15, -0.1) is 0 Å². The first-order valence-corrected chi connectivity index (χ1v) is 6.81. The van der Waals surface area contributed by atoms with Gasteiger partial charge in [0.1, 0.15) is 5.82 Å². The number of aryl methyl sites for hydroxylation is 1. The van der Waals surface area contributed by atoms with Crippen molar-refractivity contribution in [2.24, 2.45) is 0 Å². The Balaban J connectivity index is 1.66. The van der Waals surface area contributed by atoms with E-state index in [9.17, 15) is 4.39 Å². The molecule has 0 saturated carbocycles. The molecule has 1 heterocycles. The summed E-state index contributed by atoms with van der Waals surface area (Å²) in [7, 11) is 0. The van der Waals surface area contributed by atoms with Crippen molar-refractivity contribution in [1.82, 2.24) is 9.78 Å². The first-order chi connectivity index (χ1) is 10.2. The maximum absolute atomic E-state index is 13.5. The largest absolute Gasteiger partial charge is 0.381 e. The van der Waals surface area contributed by atoms with E-state index in [1.54, 1.807) is 29.9 Å². The SMILES string of the molecule is Cc1ccc(CNc2ccc(-n3cccn3)cc2)cc1F. The lowest BCUT2D eigenvalue weighted by Gasteiger charge is -2.08. The number of nitrogens with zero attached hydrogens (tertiary/aromatic N) is 2. The second kappa shape index (κ2) is 5.79. The Morgan fingerprint density at radius 1 is 1.14 bits per heavy atom. The van der Waals surface area contributed by atoms with Crippen LogP contribution < -0.4 is 5.32 Å². The quantitative estimate of drug-likeness (QED) is 0.785. The number of hydrogen-bond acceptors (Lipinski definition) is 2. The van der Waals surface area contributed by atoms with Crippen molar-refractivity contribution in [2.45, 2.75) is 13.5 Å². The van der Waals surface area contributed by atoms with Crippen LogP contribution in [0.15, 0.2) is 60.9 Å². The lowest BCUT2D eigenvalue weighted by molar-refractivity contribution is 0.616. The molecule has 1 N–H and O–H groups in total. The van der Waals surface area contributed by atoms with Gasteiger partial charge in [0.15, 0.2) is 0 Å². The lowest BCUT2D eigenvalue weighted by atomic mass is 10.1. The molecule has 106 valence electrons. The third-order valence-corrected chi connectivity index (χ3v) is 3.37. The van der Waals surface area contributed by atoms with Crippen LogP contribution in [0.1, 0.15) is 11.1 Å². The first kappa shape index (κ1) is 13.4. The van der Waals surface area contributed by atoms with Crippen molar-refractivity contribution in [3.8, 4) is 5.69 Å². The Hall–Kier alpha value is -2.62. The maximum atomic E-state index is 13.5. The summed E-state index contributed by atoms with van der Waals surface area (Å²) >= 11 is 0. The zero-order valence-corrected chi connectivity index (χ0v) is 11.8. The highest BCUT2D eigenvalue weighted by atomic mass is 19.1. The van der Waals surface area contributed by atoms with Crippen LogP contribution in [-0.2, 0) is 6.54 Å². The van der Waals surface area contributed by atoms with E-state index >= 15 is 0 Å². The smallest absolute Gasteiger partial charge is 0.126 e. The van der Waals surface area contributed by atoms with Gasteiger partial charge in [0.05, 0.1) is 5.69 Å². The fourth-order valence-corrected chi connectivity index (χ4v) is 2.10. The number of aromatic nitrogens is 2. The number of benzene rings is 2. The van der Waals surface area contributed by atoms with Gasteiger partial charge in [-0.05, 0) is 54.4 Å². The molecule has 0 atom stereocenters.